The van der Waals surface area contributed by atoms with Gasteiger partial charge >= 0.3 is 0 Å². The Balaban J connectivity index is 2.02. The second-order valence-corrected chi connectivity index (χ2v) is 7.55. The predicted octanol–water partition coefficient (Wildman–Crippen LogP) is 3.84. The van der Waals surface area contributed by atoms with E-state index in [1.165, 1.54) is 22.5 Å². The van der Waals surface area contributed by atoms with Crippen molar-refractivity contribution in [3.05, 3.63) is 72.4 Å². The van der Waals surface area contributed by atoms with Gasteiger partial charge in [-0.15, -0.1) is 0 Å². The molecule has 0 aliphatic carbocycles. The highest BCUT2D eigenvalue weighted by Crippen LogP contribution is 2.20. The molecule has 3 nitrogen and oxygen atoms in total. The first-order chi connectivity index (χ1) is 11.0. The van der Waals surface area contributed by atoms with Crippen molar-refractivity contribution < 1.29 is 0 Å². The number of halogens is 1. The molecule has 0 N–H and O–H groups in total. The van der Waals surface area contributed by atoms with Crippen LogP contribution >= 0.6 is 27.3 Å². The molecule has 0 saturated heterocycles. The van der Waals surface area contributed by atoms with Crippen LogP contribution in [0, 0.1) is 13.8 Å². The highest BCUT2D eigenvalue weighted by atomic mass is 79.9. The lowest BCUT2D eigenvalue weighted by atomic mass is 10.1. The fourth-order valence-corrected chi connectivity index (χ4v) is 4.07. The number of hydrogen-bond donors (Lipinski definition) is 0. The molecule has 0 spiro atoms. The molecular weight excluding hydrogens is 372 g/mol. The summed E-state index contributed by atoms with van der Waals surface area (Å²) in [5.74, 6) is 0. The molecule has 5 heteroatoms. The third-order valence-corrected chi connectivity index (χ3v) is 5.46. The minimum Gasteiger partial charge on any atom is -0.267 e. The molecule has 0 atom stereocenters. The van der Waals surface area contributed by atoms with Crippen molar-refractivity contribution in [3.63, 3.8) is 0 Å². The van der Waals surface area contributed by atoms with Crippen LogP contribution in [0.2, 0.25) is 0 Å². The molecule has 4 rings (SSSR count). The molecule has 0 aliphatic rings. The lowest BCUT2D eigenvalue weighted by molar-refractivity contribution is 1.18. The second kappa shape index (κ2) is 5.28. The fourth-order valence-electron chi connectivity index (χ4n) is 2.67. The molecule has 0 radical (unpaired) electrons. The van der Waals surface area contributed by atoms with Crippen LogP contribution in [-0.4, -0.2) is 9.38 Å². The fraction of sp³-hybridized carbons (Fsp3) is 0.111. The molecule has 0 bridgehead atoms. The highest BCUT2D eigenvalue weighted by Gasteiger charge is 2.12. The molecule has 2 aromatic heterocycles. The Hall–Kier alpha value is -1.98. The number of thiazole rings is 1. The number of aryl methyl sites for hydroxylation is 2. The van der Waals surface area contributed by atoms with E-state index in [-0.39, 0.29) is 5.56 Å². The smallest absolute Gasteiger partial charge is 0.267 e. The molecule has 0 fully saturated rings. The molecule has 0 aliphatic heterocycles. The van der Waals surface area contributed by atoms with E-state index in [9.17, 15) is 4.79 Å². The molecule has 114 valence electrons. The van der Waals surface area contributed by atoms with E-state index in [1.807, 2.05) is 42.5 Å². The molecule has 2 aromatic carbocycles. The van der Waals surface area contributed by atoms with Gasteiger partial charge in [0.15, 0.2) is 4.96 Å². The van der Waals surface area contributed by atoms with Gasteiger partial charge in [0.05, 0.1) is 15.6 Å². The maximum atomic E-state index is 12.8. The van der Waals surface area contributed by atoms with Crippen molar-refractivity contribution in [2.75, 3.05) is 0 Å². The van der Waals surface area contributed by atoms with Crippen molar-refractivity contribution >= 4 is 49.3 Å². The second-order valence-electron chi connectivity index (χ2n) is 5.63. The van der Waals surface area contributed by atoms with E-state index >= 15 is 0 Å². The third kappa shape index (κ3) is 2.40. The Bertz CT molecular complexity index is 1170. The molecule has 0 amide bonds. The molecular formula is C18H13BrN2OS. The number of hydrogen-bond acceptors (Lipinski definition) is 3. The molecule has 0 unspecified atom stereocenters. The largest absolute Gasteiger partial charge is 0.274 e. The maximum Gasteiger partial charge on any atom is 0.274 e. The quantitative estimate of drug-likeness (QED) is 0.499. The number of rotatable bonds is 1. The molecule has 0 saturated carbocycles. The monoisotopic (exact) mass is 384 g/mol. The SMILES string of the molecule is Cc1cc2nc3s/c(=C\c4cccc(Br)c4)c(=O)n3c2cc1C. The zero-order valence-electron chi connectivity index (χ0n) is 12.6. The Kier molecular flexibility index (Phi) is 3.36. The topological polar surface area (TPSA) is 34.4 Å². The van der Waals surface area contributed by atoms with Crippen molar-refractivity contribution in [3.8, 4) is 0 Å². The van der Waals surface area contributed by atoms with Crippen LogP contribution in [-0.2, 0) is 0 Å². The lowest BCUT2D eigenvalue weighted by Gasteiger charge is -1.98. The lowest BCUT2D eigenvalue weighted by Crippen LogP contribution is -2.22. The average Bonchev–Trinajstić information content (AvgIpc) is 2.97. The summed E-state index contributed by atoms with van der Waals surface area (Å²) in [5, 5.41) is 0. The zero-order chi connectivity index (χ0) is 16.1. The standard InChI is InChI=1S/C18H13BrN2OS/c1-10-6-14-15(7-11(10)2)21-17(22)16(23-18(21)20-14)9-12-4-3-5-13(19)8-12/h3-9H,1-2H3/b16-9-. The Labute approximate surface area is 145 Å². The van der Waals surface area contributed by atoms with Crippen molar-refractivity contribution in [2.45, 2.75) is 13.8 Å². The van der Waals surface area contributed by atoms with Gasteiger partial charge in [-0.05, 0) is 60.9 Å². The van der Waals surface area contributed by atoms with Gasteiger partial charge in [-0.3, -0.25) is 4.79 Å². The summed E-state index contributed by atoms with van der Waals surface area (Å²) in [6.45, 7) is 4.12. The third-order valence-electron chi connectivity index (χ3n) is 4.00. The van der Waals surface area contributed by atoms with E-state index in [0.29, 0.717) is 4.53 Å². The average molecular weight is 385 g/mol. The summed E-state index contributed by atoms with van der Waals surface area (Å²) >= 11 is 4.89. The first kappa shape index (κ1) is 14.6. The van der Waals surface area contributed by atoms with E-state index in [0.717, 1.165) is 26.0 Å². The van der Waals surface area contributed by atoms with E-state index in [4.69, 9.17) is 0 Å². The van der Waals surface area contributed by atoms with Gasteiger partial charge in [-0.1, -0.05) is 39.4 Å². The zero-order valence-corrected chi connectivity index (χ0v) is 15.0. The van der Waals surface area contributed by atoms with Gasteiger partial charge in [-0.25, -0.2) is 9.38 Å². The highest BCUT2D eigenvalue weighted by molar-refractivity contribution is 9.10. The van der Waals surface area contributed by atoms with E-state index in [2.05, 4.69) is 34.8 Å². The molecule has 4 aromatic rings. The maximum absolute atomic E-state index is 12.8. The normalized spacial score (nSPS) is 12.6. The summed E-state index contributed by atoms with van der Waals surface area (Å²) in [7, 11) is 0. The summed E-state index contributed by atoms with van der Waals surface area (Å²) in [5.41, 5.74) is 5.12. The van der Waals surface area contributed by atoms with E-state index in [1.54, 1.807) is 4.40 Å². The number of benzene rings is 2. The summed E-state index contributed by atoms with van der Waals surface area (Å²) < 4.78 is 3.42. The van der Waals surface area contributed by atoms with Crippen LogP contribution in [0.4, 0.5) is 0 Å². The first-order valence-electron chi connectivity index (χ1n) is 7.22. The summed E-state index contributed by atoms with van der Waals surface area (Å²) in [6, 6.07) is 12.0. The summed E-state index contributed by atoms with van der Waals surface area (Å²) in [4.78, 5) is 18.1. The van der Waals surface area contributed by atoms with Crippen LogP contribution in [0.25, 0.3) is 22.1 Å². The van der Waals surface area contributed by atoms with Crippen LogP contribution in [0.5, 0.6) is 0 Å². The molecule has 2 heterocycles. The number of fused-ring (bicyclic) bond motifs is 3. The minimum atomic E-state index is -0.00396. The van der Waals surface area contributed by atoms with Gasteiger partial charge in [0.2, 0.25) is 0 Å². The Morgan fingerprint density at radius 1 is 1.17 bits per heavy atom. The van der Waals surface area contributed by atoms with E-state index < -0.39 is 0 Å². The first-order valence-corrected chi connectivity index (χ1v) is 8.83. The van der Waals surface area contributed by atoms with Gasteiger partial charge < -0.3 is 0 Å². The van der Waals surface area contributed by atoms with Gasteiger partial charge in [0, 0.05) is 4.47 Å². The van der Waals surface area contributed by atoms with Crippen molar-refractivity contribution in [1.29, 1.82) is 0 Å². The number of imidazole rings is 1. The van der Waals surface area contributed by atoms with Crippen LogP contribution in [0.1, 0.15) is 16.7 Å². The molecule has 23 heavy (non-hydrogen) atoms. The Morgan fingerprint density at radius 3 is 2.74 bits per heavy atom. The number of aromatic nitrogens is 2. The van der Waals surface area contributed by atoms with Crippen LogP contribution in [0.3, 0.4) is 0 Å². The van der Waals surface area contributed by atoms with Gasteiger partial charge in [0.1, 0.15) is 0 Å². The van der Waals surface area contributed by atoms with Gasteiger partial charge in [-0.2, -0.15) is 0 Å². The van der Waals surface area contributed by atoms with Gasteiger partial charge in [0.25, 0.3) is 5.56 Å². The van der Waals surface area contributed by atoms with Crippen LogP contribution in [0.15, 0.2) is 45.7 Å². The van der Waals surface area contributed by atoms with Crippen molar-refractivity contribution in [1.82, 2.24) is 9.38 Å². The summed E-state index contributed by atoms with van der Waals surface area (Å²) in [6.07, 6.45) is 1.92. The minimum absolute atomic E-state index is 0.00396. The number of nitrogens with zero attached hydrogens (tertiary/aromatic N) is 2. The van der Waals surface area contributed by atoms with Crippen LogP contribution < -0.4 is 10.1 Å². The van der Waals surface area contributed by atoms with Crippen molar-refractivity contribution in [2.24, 2.45) is 0 Å². The predicted molar refractivity (Wildman–Crippen MR) is 99.2 cm³/mol. The Morgan fingerprint density at radius 2 is 1.96 bits per heavy atom.